The number of H-pyrrole nitrogens is 2. The second-order valence-corrected chi connectivity index (χ2v) is 6.82. The van der Waals surface area contributed by atoms with Crippen molar-refractivity contribution in [2.75, 3.05) is 11.3 Å². The standard InChI is InChI=1S/C15H19N3O5S/c1-3-4-8-23-12-7-5-6-11(9-12)18-24(21,22)13-10(2)16-15(20)17-14(13)19/h5-7,9,18H,3-4,8H2,1-2H3,(H2,16,17,19,20). The van der Waals surface area contributed by atoms with Crippen LogP contribution in [0.4, 0.5) is 5.69 Å². The maximum atomic E-state index is 12.4. The van der Waals surface area contributed by atoms with Crippen LogP contribution in [0.15, 0.2) is 38.8 Å². The maximum absolute atomic E-state index is 12.4. The fourth-order valence-electron chi connectivity index (χ4n) is 2.10. The van der Waals surface area contributed by atoms with Gasteiger partial charge >= 0.3 is 5.69 Å². The minimum atomic E-state index is -4.15. The molecule has 1 aromatic heterocycles. The summed E-state index contributed by atoms with van der Waals surface area (Å²) < 4.78 is 32.7. The highest BCUT2D eigenvalue weighted by atomic mass is 32.2. The average molecular weight is 353 g/mol. The van der Waals surface area contributed by atoms with Crippen molar-refractivity contribution in [3.05, 3.63) is 50.8 Å². The molecule has 8 nitrogen and oxygen atoms in total. The third-order valence-corrected chi connectivity index (χ3v) is 4.73. The molecule has 0 fully saturated rings. The molecule has 1 aromatic carbocycles. The number of aromatic nitrogens is 2. The smallest absolute Gasteiger partial charge is 0.325 e. The molecule has 0 aliphatic carbocycles. The molecular weight excluding hydrogens is 334 g/mol. The Labute approximate surface area is 138 Å². The minimum absolute atomic E-state index is 0.0356. The highest BCUT2D eigenvalue weighted by Crippen LogP contribution is 2.20. The average Bonchev–Trinajstić information content (AvgIpc) is 2.45. The number of hydrogen-bond donors (Lipinski definition) is 3. The van der Waals surface area contributed by atoms with Crippen molar-refractivity contribution in [3.63, 3.8) is 0 Å². The fraction of sp³-hybridized carbons (Fsp3) is 0.333. The summed E-state index contributed by atoms with van der Waals surface area (Å²) in [6.07, 6.45) is 1.88. The molecule has 0 aliphatic heterocycles. The summed E-state index contributed by atoms with van der Waals surface area (Å²) >= 11 is 0. The molecule has 0 spiro atoms. The quantitative estimate of drug-likeness (QED) is 0.649. The number of aryl methyl sites for hydroxylation is 1. The molecule has 24 heavy (non-hydrogen) atoms. The molecule has 0 amide bonds. The molecule has 0 aliphatic rings. The lowest BCUT2D eigenvalue weighted by atomic mass is 10.3. The topological polar surface area (TPSA) is 121 Å². The number of sulfonamides is 1. The van der Waals surface area contributed by atoms with Gasteiger partial charge < -0.3 is 9.72 Å². The second-order valence-electron chi connectivity index (χ2n) is 5.20. The Bertz CT molecular complexity index is 931. The Kier molecular flexibility index (Phi) is 5.45. The number of hydrogen-bond acceptors (Lipinski definition) is 5. The first-order chi connectivity index (χ1) is 11.3. The van der Waals surface area contributed by atoms with Gasteiger partial charge in [-0.3, -0.25) is 14.5 Å². The predicted molar refractivity (Wildman–Crippen MR) is 90.1 cm³/mol. The van der Waals surface area contributed by atoms with Gasteiger partial charge in [-0.2, -0.15) is 0 Å². The maximum Gasteiger partial charge on any atom is 0.325 e. The Balaban J connectivity index is 2.29. The van der Waals surface area contributed by atoms with Crippen LogP contribution in [0.25, 0.3) is 0 Å². The van der Waals surface area contributed by atoms with Gasteiger partial charge in [-0.05, 0) is 25.5 Å². The van der Waals surface area contributed by atoms with Crippen molar-refractivity contribution in [2.24, 2.45) is 0 Å². The molecule has 130 valence electrons. The lowest BCUT2D eigenvalue weighted by Crippen LogP contribution is -2.31. The molecule has 0 radical (unpaired) electrons. The Morgan fingerprint density at radius 1 is 1.21 bits per heavy atom. The van der Waals surface area contributed by atoms with E-state index in [1.54, 1.807) is 18.2 Å². The number of ether oxygens (including phenoxy) is 1. The lowest BCUT2D eigenvalue weighted by molar-refractivity contribution is 0.309. The van der Waals surface area contributed by atoms with Crippen LogP contribution in [-0.2, 0) is 10.0 Å². The van der Waals surface area contributed by atoms with E-state index in [1.807, 2.05) is 11.9 Å². The minimum Gasteiger partial charge on any atom is -0.494 e. The molecule has 2 rings (SSSR count). The van der Waals surface area contributed by atoms with Gasteiger partial charge in [-0.15, -0.1) is 0 Å². The van der Waals surface area contributed by atoms with Gasteiger partial charge in [0.25, 0.3) is 15.6 Å². The van der Waals surface area contributed by atoms with Crippen LogP contribution in [0.1, 0.15) is 25.5 Å². The normalized spacial score (nSPS) is 11.2. The van der Waals surface area contributed by atoms with E-state index in [1.165, 1.54) is 13.0 Å². The van der Waals surface area contributed by atoms with Gasteiger partial charge in [0.2, 0.25) is 0 Å². The molecule has 2 aromatic rings. The van der Waals surface area contributed by atoms with Crippen LogP contribution in [0.2, 0.25) is 0 Å². The molecular formula is C15H19N3O5S. The molecule has 0 atom stereocenters. The fourth-order valence-corrected chi connectivity index (χ4v) is 3.39. The van der Waals surface area contributed by atoms with Gasteiger partial charge in [-0.1, -0.05) is 19.4 Å². The zero-order valence-electron chi connectivity index (χ0n) is 13.4. The summed E-state index contributed by atoms with van der Waals surface area (Å²) in [5, 5.41) is 0. The van der Waals surface area contributed by atoms with Crippen molar-refractivity contribution < 1.29 is 13.2 Å². The number of unbranched alkanes of at least 4 members (excludes halogenated alkanes) is 1. The molecule has 0 bridgehead atoms. The van der Waals surface area contributed by atoms with E-state index in [0.717, 1.165) is 12.8 Å². The summed E-state index contributed by atoms with van der Waals surface area (Å²) in [5.74, 6) is 0.524. The van der Waals surface area contributed by atoms with Crippen LogP contribution >= 0.6 is 0 Å². The summed E-state index contributed by atoms with van der Waals surface area (Å²) in [4.78, 5) is 26.6. The van der Waals surface area contributed by atoms with Crippen molar-refractivity contribution in [2.45, 2.75) is 31.6 Å². The van der Waals surface area contributed by atoms with Gasteiger partial charge in [0.15, 0.2) is 4.90 Å². The first-order valence-electron chi connectivity index (χ1n) is 7.42. The van der Waals surface area contributed by atoms with E-state index >= 15 is 0 Å². The predicted octanol–water partition coefficient (Wildman–Crippen LogP) is 1.35. The van der Waals surface area contributed by atoms with E-state index in [4.69, 9.17) is 4.74 Å². The monoisotopic (exact) mass is 353 g/mol. The molecule has 9 heteroatoms. The lowest BCUT2D eigenvalue weighted by Gasteiger charge is -2.11. The third kappa shape index (κ3) is 4.25. The number of benzene rings is 1. The largest absolute Gasteiger partial charge is 0.494 e. The number of rotatable bonds is 7. The van der Waals surface area contributed by atoms with Gasteiger partial charge in [0, 0.05) is 11.8 Å². The number of nitrogens with one attached hydrogen (secondary N) is 3. The molecule has 0 unspecified atom stereocenters. The highest BCUT2D eigenvalue weighted by Gasteiger charge is 2.22. The van der Waals surface area contributed by atoms with Crippen LogP contribution in [-0.4, -0.2) is 25.0 Å². The zero-order chi connectivity index (χ0) is 17.7. The molecule has 0 saturated carbocycles. The first-order valence-corrected chi connectivity index (χ1v) is 8.90. The first kappa shape index (κ1) is 17.8. The van der Waals surface area contributed by atoms with Crippen LogP contribution in [0.5, 0.6) is 5.75 Å². The van der Waals surface area contributed by atoms with Crippen LogP contribution in [0, 0.1) is 6.92 Å². The van der Waals surface area contributed by atoms with Crippen molar-refractivity contribution >= 4 is 15.7 Å². The highest BCUT2D eigenvalue weighted by molar-refractivity contribution is 7.92. The zero-order valence-corrected chi connectivity index (χ0v) is 14.2. The third-order valence-electron chi connectivity index (χ3n) is 3.20. The van der Waals surface area contributed by atoms with Crippen molar-refractivity contribution in [1.29, 1.82) is 0 Å². The second kappa shape index (κ2) is 7.35. The van der Waals surface area contributed by atoms with Gasteiger partial charge in [-0.25, -0.2) is 13.2 Å². The molecule has 0 saturated heterocycles. The van der Waals surface area contributed by atoms with E-state index < -0.39 is 26.2 Å². The van der Waals surface area contributed by atoms with E-state index in [2.05, 4.69) is 9.71 Å². The van der Waals surface area contributed by atoms with Crippen LogP contribution < -0.4 is 20.7 Å². The summed E-state index contributed by atoms with van der Waals surface area (Å²) in [5.41, 5.74) is -1.51. The van der Waals surface area contributed by atoms with Crippen molar-refractivity contribution in [3.8, 4) is 5.75 Å². The summed E-state index contributed by atoms with van der Waals surface area (Å²) in [6, 6.07) is 6.43. The van der Waals surface area contributed by atoms with E-state index in [-0.39, 0.29) is 11.4 Å². The summed E-state index contributed by atoms with van der Waals surface area (Å²) in [6.45, 7) is 3.92. The Morgan fingerprint density at radius 2 is 1.96 bits per heavy atom. The Morgan fingerprint density at radius 3 is 2.62 bits per heavy atom. The van der Waals surface area contributed by atoms with Gasteiger partial charge in [0.1, 0.15) is 5.75 Å². The molecule has 3 N–H and O–H groups in total. The SMILES string of the molecule is CCCCOc1cccc(NS(=O)(=O)c2c(C)[nH]c(=O)[nH]c2=O)c1. The molecule has 1 heterocycles. The van der Waals surface area contributed by atoms with E-state index in [0.29, 0.717) is 12.4 Å². The van der Waals surface area contributed by atoms with E-state index in [9.17, 15) is 18.0 Å². The van der Waals surface area contributed by atoms with Crippen molar-refractivity contribution in [1.82, 2.24) is 9.97 Å². The van der Waals surface area contributed by atoms with Gasteiger partial charge in [0.05, 0.1) is 12.3 Å². The number of anilines is 1. The van der Waals surface area contributed by atoms with Crippen LogP contribution in [0.3, 0.4) is 0 Å². The Hall–Kier alpha value is -2.55. The summed E-state index contributed by atoms with van der Waals surface area (Å²) in [7, 11) is -4.15. The number of aromatic amines is 2.